The Morgan fingerprint density at radius 1 is 0.913 bits per heavy atom. The normalized spacial score (nSPS) is 21.7. The summed E-state index contributed by atoms with van der Waals surface area (Å²) >= 11 is 0. The molecule has 0 unspecified atom stereocenters. The summed E-state index contributed by atoms with van der Waals surface area (Å²) in [6.45, 7) is 2.28. The van der Waals surface area contributed by atoms with E-state index in [0.29, 0.717) is 5.39 Å². The second-order valence-electron chi connectivity index (χ2n) is 7.13. The van der Waals surface area contributed by atoms with Gasteiger partial charge >= 0.3 is 0 Å². The third-order valence-corrected chi connectivity index (χ3v) is 5.48. The molecule has 0 nitrogen and oxygen atoms in total. The van der Waals surface area contributed by atoms with Crippen LogP contribution in [0.25, 0.3) is 10.8 Å². The zero-order chi connectivity index (χ0) is 16.2. The molecule has 1 aliphatic rings. The van der Waals surface area contributed by atoms with Crippen LogP contribution in [-0.4, -0.2) is 0 Å². The highest BCUT2D eigenvalue weighted by molar-refractivity contribution is 5.83. The van der Waals surface area contributed by atoms with Gasteiger partial charge in [0, 0.05) is 5.39 Å². The fraction of sp³-hybridized carbons (Fsp3) is 0.524. The molecule has 1 aliphatic carbocycles. The van der Waals surface area contributed by atoms with Gasteiger partial charge < -0.3 is 0 Å². The summed E-state index contributed by atoms with van der Waals surface area (Å²) in [7, 11) is 0. The highest BCUT2D eigenvalue weighted by Crippen LogP contribution is 2.34. The molecule has 3 rings (SSSR count). The van der Waals surface area contributed by atoms with Crippen LogP contribution in [-0.2, 0) is 6.42 Å². The zero-order valence-electron chi connectivity index (χ0n) is 14.0. The minimum absolute atomic E-state index is 0.383. The molecule has 2 heteroatoms. The maximum atomic E-state index is 13.7. The Labute approximate surface area is 137 Å². The largest absolute Gasteiger partial charge is 0.204 e. The molecule has 23 heavy (non-hydrogen) atoms. The number of benzene rings is 2. The van der Waals surface area contributed by atoms with Gasteiger partial charge in [0.05, 0.1) is 0 Å². The third-order valence-electron chi connectivity index (χ3n) is 5.48. The molecule has 0 aromatic heterocycles. The lowest BCUT2D eigenvalue weighted by Crippen LogP contribution is -2.15. The van der Waals surface area contributed by atoms with Crippen LogP contribution >= 0.6 is 0 Å². The van der Waals surface area contributed by atoms with E-state index >= 15 is 0 Å². The zero-order valence-corrected chi connectivity index (χ0v) is 14.0. The molecule has 0 spiro atoms. The topological polar surface area (TPSA) is 0 Å². The maximum absolute atomic E-state index is 13.7. The Balaban J connectivity index is 1.59. The van der Waals surface area contributed by atoms with E-state index in [9.17, 15) is 8.78 Å². The Hall–Kier alpha value is -1.44. The molecule has 0 bridgehead atoms. The molecule has 124 valence electrons. The maximum Gasteiger partial charge on any atom is 0.166 e. The molecule has 0 heterocycles. The van der Waals surface area contributed by atoms with Crippen molar-refractivity contribution in [3.05, 3.63) is 47.5 Å². The molecule has 2 aromatic carbocycles. The average Bonchev–Trinajstić information content (AvgIpc) is 2.58. The van der Waals surface area contributed by atoms with E-state index in [1.807, 2.05) is 12.1 Å². The van der Waals surface area contributed by atoms with Crippen molar-refractivity contribution >= 4 is 10.8 Å². The van der Waals surface area contributed by atoms with Gasteiger partial charge in [0.2, 0.25) is 0 Å². The lowest BCUT2D eigenvalue weighted by Gasteiger charge is -2.28. The number of halogens is 2. The number of aryl methyl sites for hydroxylation is 1. The summed E-state index contributed by atoms with van der Waals surface area (Å²) in [5, 5.41) is 1.18. The number of hydrogen-bond donors (Lipinski definition) is 0. The first kappa shape index (κ1) is 16.4. The van der Waals surface area contributed by atoms with Crippen LogP contribution in [0.15, 0.2) is 30.3 Å². The Morgan fingerprint density at radius 2 is 1.61 bits per heavy atom. The number of fused-ring (bicyclic) bond motifs is 1. The van der Waals surface area contributed by atoms with Crippen molar-refractivity contribution in [3.63, 3.8) is 0 Å². The van der Waals surface area contributed by atoms with Crippen molar-refractivity contribution in [2.75, 3.05) is 0 Å². The van der Waals surface area contributed by atoms with Crippen LogP contribution < -0.4 is 0 Å². The fourth-order valence-electron chi connectivity index (χ4n) is 4.06. The van der Waals surface area contributed by atoms with E-state index in [-0.39, 0.29) is 0 Å². The first-order chi connectivity index (χ1) is 11.2. The molecule has 0 N–H and O–H groups in total. The Bertz CT molecular complexity index is 654. The van der Waals surface area contributed by atoms with Crippen LogP contribution in [0.2, 0.25) is 0 Å². The van der Waals surface area contributed by atoms with Crippen molar-refractivity contribution in [2.45, 2.75) is 58.3 Å². The van der Waals surface area contributed by atoms with E-state index in [4.69, 9.17) is 0 Å². The average molecular weight is 316 g/mol. The second kappa shape index (κ2) is 7.42. The highest BCUT2D eigenvalue weighted by atomic mass is 19.2. The quantitative estimate of drug-likeness (QED) is 0.578. The van der Waals surface area contributed by atoms with Crippen LogP contribution in [0, 0.1) is 23.5 Å². The van der Waals surface area contributed by atoms with Gasteiger partial charge in [0.15, 0.2) is 11.6 Å². The summed E-state index contributed by atoms with van der Waals surface area (Å²) in [4.78, 5) is 0. The summed E-state index contributed by atoms with van der Waals surface area (Å²) in [5.41, 5.74) is 1.24. The smallest absolute Gasteiger partial charge is 0.166 e. The van der Waals surface area contributed by atoms with Gasteiger partial charge in [-0.3, -0.25) is 0 Å². The van der Waals surface area contributed by atoms with Crippen molar-refractivity contribution in [1.29, 1.82) is 0 Å². The molecule has 0 atom stereocenters. The monoisotopic (exact) mass is 316 g/mol. The van der Waals surface area contributed by atoms with Crippen LogP contribution in [0.5, 0.6) is 0 Å². The molecular formula is C21H26F2. The van der Waals surface area contributed by atoms with Gasteiger partial charge in [-0.25, -0.2) is 8.78 Å². The highest BCUT2D eigenvalue weighted by Gasteiger charge is 2.20. The molecule has 0 radical (unpaired) electrons. The van der Waals surface area contributed by atoms with Gasteiger partial charge in [0.25, 0.3) is 0 Å². The first-order valence-electron chi connectivity index (χ1n) is 9.04. The molecule has 0 amide bonds. The summed E-state index contributed by atoms with van der Waals surface area (Å²) in [6, 6.07) is 8.58. The third kappa shape index (κ3) is 3.91. The van der Waals surface area contributed by atoms with Gasteiger partial charge in [-0.2, -0.15) is 0 Å². The Morgan fingerprint density at radius 3 is 2.30 bits per heavy atom. The SMILES string of the molecule is CCC[C@H]1CC[C@H](CCc2ccc3c(F)c(F)ccc3c2)CC1. The molecule has 1 fully saturated rings. The van der Waals surface area contributed by atoms with Crippen LogP contribution in [0.1, 0.15) is 57.4 Å². The van der Waals surface area contributed by atoms with Crippen LogP contribution in [0.4, 0.5) is 8.78 Å². The predicted octanol–water partition coefficient (Wildman–Crippen LogP) is 6.66. The van der Waals surface area contributed by atoms with Crippen molar-refractivity contribution < 1.29 is 8.78 Å². The standard InChI is InChI=1S/C21H26F2/c1-2-3-15-4-6-16(7-5-15)8-9-17-10-12-19-18(14-17)11-13-20(22)21(19)23/h10-16H,2-9H2,1H3/t15-,16-. The minimum atomic E-state index is -0.769. The van der Waals surface area contributed by atoms with E-state index in [1.54, 1.807) is 12.1 Å². The first-order valence-corrected chi connectivity index (χ1v) is 9.04. The van der Waals surface area contributed by atoms with Crippen molar-refractivity contribution in [1.82, 2.24) is 0 Å². The fourth-order valence-corrected chi connectivity index (χ4v) is 4.06. The van der Waals surface area contributed by atoms with Crippen LogP contribution in [0.3, 0.4) is 0 Å². The van der Waals surface area contributed by atoms with Crippen molar-refractivity contribution in [2.24, 2.45) is 11.8 Å². The van der Waals surface area contributed by atoms with E-state index in [1.165, 1.54) is 56.6 Å². The van der Waals surface area contributed by atoms with Gasteiger partial charge in [-0.15, -0.1) is 0 Å². The summed E-state index contributed by atoms with van der Waals surface area (Å²) < 4.78 is 27.0. The Kier molecular flexibility index (Phi) is 5.30. The number of rotatable bonds is 5. The van der Waals surface area contributed by atoms with E-state index in [0.717, 1.165) is 23.6 Å². The van der Waals surface area contributed by atoms with E-state index < -0.39 is 11.6 Å². The lowest BCUT2D eigenvalue weighted by atomic mass is 9.78. The number of hydrogen-bond acceptors (Lipinski definition) is 0. The molecular weight excluding hydrogens is 290 g/mol. The molecule has 1 saturated carbocycles. The lowest BCUT2D eigenvalue weighted by molar-refractivity contribution is 0.252. The summed E-state index contributed by atoms with van der Waals surface area (Å²) in [6.07, 6.45) is 10.5. The molecule has 2 aromatic rings. The molecule has 0 aliphatic heterocycles. The van der Waals surface area contributed by atoms with Crippen molar-refractivity contribution in [3.8, 4) is 0 Å². The second-order valence-corrected chi connectivity index (χ2v) is 7.13. The van der Waals surface area contributed by atoms with Gasteiger partial charge in [0.1, 0.15) is 0 Å². The van der Waals surface area contributed by atoms with E-state index in [2.05, 4.69) is 6.92 Å². The predicted molar refractivity (Wildman–Crippen MR) is 92.5 cm³/mol. The summed E-state index contributed by atoms with van der Waals surface area (Å²) in [5.74, 6) is 0.288. The minimum Gasteiger partial charge on any atom is -0.204 e. The van der Waals surface area contributed by atoms with Gasteiger partial charge in [-0.05, 0) is 41.7 Å². The van der Waals surface area contributed by atoms with Gasteiger partial charge in [-0.1, -0.05) is 69.7 Å². The molecule has 0 saturated heterocycles.